The number of nitrogens with zero attached hydrogens (tertiary/aromatic N) is 4. The van der Waals surface area contributed by atoms with Crippen LogP contribution in [0.25, 0.3) is 16.3 Å². The van der Waals surface area contributed by atoms with E-state index in [1.54, 1.807) is 11.3 Å². The highest BCUT2D eigenvalue weighted by molar-refractivity contribution is 7.13. The second-order valence-corrected chi connectivity index (χ2v) is 7.99. The van der Waals surface area contributed by atoms with E-state index in [1.165, 1.54) is 16.1 Å². The van der Waals surface area contributed by atoms with Crippen LogP contribution in [0.5, 0.6) is 0 Å². The first-order valence-corrected chi connectivity index (χ1v) is 10.6. The summed E-state index contributed by atoms with van der Waals surface area (Å²) in [7, 11) is 0. The summed E-state index contributed by atoms with van der Waals surface area (Å²) < 4.78 is 4.10. The van der Waals surface area contributed by atoms with Crippen molar-refractivity contribution in [3.63, 3.8) is 0 Å². The number of rotatable bonds is 8. The molecule has 0 spiro atoms. The van der Waals surface area contributed by atoms with Crippen molar-refractivity contribution in [2.24, 2.45) is 0 Å². The lowest BCUT2D eigenvalue weighted by molar-refractivity contribution is -0.671. The lowest BCUT2D eigenvalue weighted by atomic mass is 10.2. The zero-order chi connectivity index (χ0) is 19.3. The molecule has 0 fully saturated rings. The number of thiophene rings is 1. The molecule has 4 aromatic rings. The van der Waals surface area contributed by atoms with Gasteiger partial charge in [-0.15, -0.1) is 11.3 Å². The quantitative estimate of drug-likeness (QED) is 0.466. The third kappa shape index (κ3) is 4.24. The Kier molecular flexibility index (Phi) is 5.69. The van der Waals surface area contributed by atoms with E-state index in [0.29, 0.717) is 0 Å². The predicted octanol–water partition coefficient (Wildman–Crippen LogP) is 3.57. The summed E-state index contributed by atoms with van der Waals surface area (Å²) in [5.74, 6) is 0. The molecule has 3 aromatic heterocycles. The van der Waals surface area contributed by atoms with E-state index in [4.69, 9.17) is 5.10 Å². The maximum Gasteiger partial charge on any atom is 0.112 e. The van der Waals surface area contributed by atoms with E-state index in [1.807, 2.05) is 29.8 Å². The van der Waals surface area contributed by atoms with Crippen LogP contribution in [0.3, 0.4) is 0 Å². The van der Waals surface area contributed by atoms with Crippen LogP contribution in [0.1, 0.15) is 23.4 Å². The Bertz CT molecular complexity index is 1010. The van der Waals surface area contributed by atoms with Gasteiger partial charge in [-0.25, -0.2) is 4.68 Å². The van der Waals surface area contributed by atoms with Crippen molar-refractivity contribution in [2.75, 3.05) is 6.54 Å². The van der Waals surface area contributed by atoms with E-state index < -0.39 is 0 Å². The highest BCUT2D eigenvalue weighted by atomic mass is 32.1. The Hall–Kier alpha value is -2.70. The first-order valence-electron chi connectivity index (χ1n) is 9.71. The van der Waals surface area contributed by atoms with Crippen molar-refractivity contribution in [2.45, 2.75) is 33.4 Å². The molecule has 0 aliphatic carbocycles. The first kappa shape index (κ1) is 18.7. The van der Waals surface area contributed by atoms with Crippen molar-refractivity contribution in [1.29, 1.82) is 0 Å². The van der Waals surface area contributed by atoms with Crippen molar-refractivity contribution in [3.8, 4) is 16.3 Å². The van der Waals surface area contributed by atoms with Crippen molar-refractivity contribution in [3.05, 3.63) is 77.1 Å². The largest absolute Gasteiger partial charge is 0.342 e. The third-order valence-electron chi connectivity index (χ3n) is 4.81. The normalized spacial score (nSPS) is 11.2. The van der Waals surface area contributed by atoms with Crippen LogP contribution < -0.4 is 5.32 Å². The minimum absolute atomic E-state index is 0.928. The minimum Gasteiger partial charge on any atom is -0.342 e. The minimum atomic E-state index is 0.928. The van der Waals surface area contributed by atoms with Gasteiger partial charge in [-0.3, -0.25) is 4.68 Å². The molecule has 1 aromatic carbocycles. The van der Waals surface area contributed by atoms with Crippen LogP contribution in [-0.4, -0.2) is 26.1 Å². The molecule has 0 amide bonds. The van der Waals surface area contributed by atoms with Gasteiger partial charge in [0.05, 0.1) is 28.4 Å². The first-order chi connectivity index (χ1) is 13.7. The standard InChI is InChI=1S/C22H25N5S/c1-17-14-18(2)26(24-17)12-7-11-23-15-19-16-27(20-8-4-3-5-9-20)25-22(19)21-10-6-13-28-21/h3-6,8-10,13-14,16,23H,7,11-12,15H2,1-2H3/p+1. The zero-order valence-electron chi connectivity index (χ0n) is 16.4. The Labute approximate surface area is 169 Å². The fraction of sp³-hybridized carbons (Fsp3) is 0.273. The van der Waals surface area contributed by atoms with Gasteiger partial charge in [0, 0.05) is 24.9 Å². The van der Waals surface area contributed by atoms with Gasteiger partial charge >= 0.3 is 0 Å². The van der Waals surface area contributed by atoms with E-state index >= 15 is 0 Å². The molecule has 144 valence electrons. The van der Waals surface area contributed by atoms with E-state index in [-0.39, 0.29) is 0 Å². The highest BCUT2D eigenvalue weighted by Crippen LogP contribution is 2.27. The second kappa shape index (κ2) is 8.54. The smallest absolute Gasteiger partial charge is 0.112 e. The number of para-hydroxylation sites is 1. The Balaban J connectivity index is 1.42. The maximum absolute atomic E-state index is 4.88. The molecular weight excluding hydrogens is 366 g/mol. The maximum atomic E-state index is 4.88. The second-order valence-electron chi connectivity index (χ2n) is 7.05. The average Bonchev–Trinajstić information content (AvgIpc) is 3.42. The molecule has 0 aliphatic rings. The molecule has 4 rings (SSSR count). The summed E-state index contributed by atoms with van der Waals surface area (Å²) >= 11 is 1.74. The molecule has 0 bridgehead atoms. The summed E-state index contributed by atoms with van der Waals surface area (Å²) in [6, 6.07) is 16.7. The molecule has 28 heavy (non-hydrogen) atoms. The topological polar surface area (TPSA) is 52.2 Å². The molecule has 6 heteroatoms. The summed E-state index contributed by atoms with van der Waals surface area (Å²) in [5.41, 5.74) is 5.79. The molecule has 0 unspecified atom stereocenters. The van der Waals surface area contributed by atoms with Gasteiger partial charge in [0.2, 0.25) is 0 Å². The molecular formula is C22H26N5S+. The van der Waals surface area contributed by atoms with Crippen LogP contribution in [0.2, 0.25) is 0 Å². The van der Waals surface area contributed by atoms with Gasteiger partial charge in [0.15, 0.2) is 0 Å². The van der Waals surface area contributed by atoms with Gasteiger partial charge in [0.1, 0.15) is 12.2 Å². The van der Waals surface area contributed by atoms with Gasteiger partial charge < -0.3 is 5.32 Å². The fourth-order valence-corrected chi connectivity index (χ4v) is 4.18. The third-order valence-corrected chi connectivity index (χ3v) is 5.69. The number of quaternary nitrogens is 1. The van der Waals surface area contributed by atoms with E-state index in [0.717, 1.165) is 43.1 Å². The van der Waals surface area contributed by atoms with Crippen molar-refractivity contribution < 1.29 is 5.32 Å². The number of hydrogen-bond acceptors (Lipinski definition) is 3. The molecule has 0 saturated heterocycles. The van der Waals surface area contributed by atoms with Gasteiger partial charge in [0.25, 0.3) is 0 Å². The van der Waals surface area contributed by atoms with Gasteiger partial charge in [-0.1, -0.05) is 24.3 Å². The van der Waals surface area contributed by atoms with Gasteiger partial charge in [-0.05, 0) is 43.5 Å². The lowest BCUT2D eigenvalue weighted by Crippen LogP contribution is -2.82. The van der Waals surface area contributed by atoms with Crippen LogP contribution in [-0.2, 0) is 13.1 Å². The molecule has 0 saturated carbocycles. The zero-order valence-corrected chi connectivity index (χ0v) is 17.2. The number of aromatic nitrogens is 4. The molecule has 3 heterocycles. The number of nitrogens with two attached hydrogens (primary N) is 1. The monoisotopic (exact) mass is 392 g/mol. The van der Waals surface area contributed by atoms with Crippen LogP contribution >= 0.6 is 11.3 Å². The predicted molar refractivity (Wildman–Crippen MR) is 114 cm³/mol. The Morgan fingerprint density at radius 2 is 1.89 bits per heavy atom. The van der Waals surface area contributed by atoms with Crippen LogP contribution in [0.4, 0.5) is 0 Å². The molecule has 0 atom stereocenters. The summed E-state index contributed by atoms with van der Waals surface area (Å²) in [6.45, 7) is 7.13. The van der Waals surface area contributed by atoms with Crippen LogP contribution in [0, 0.1) is 13.8 Å². The highest BCUT2D eigenvalue weighted by Gasteiger charge is 2.14. The summed E-state index contributed by atoms with van der Waals surface area (Å²) in [5, 5.41) is 13.9. The molecule has 5 nitrogen and oxygen atoms in total. The summed E-state index contributed by atoms with van der Waals surface area (Å²) in [4.78, 5) is 1.22. The van der Waals surface area contributed by atoms with Crippen molar-refractivity contribution >= 4 is 11.3 Å². The molecule has 0 radical (unpaired) electrons. The Morgan fingerprint density at radius 1 is 1.04 bits per heavy atom. The number of aryl methyl sites for hydroxylation is 3. The van der Waals surface area contributed by atoms with Crippen LogP contribution in [0.15, 0.2) is 60.1 Å². The fourth-order valence-electron chi connectivity index (χ4n) is 3.44. The van der Waals surface area contributed by atoms with Crippen molar-refractivity contribution in [1.82, 2.24) is 19.6 Å². The Morgan fingerprint density at radius 3 is 2.61 bits per heavy atom. The SMILES string of the molecule is Cc1cc(C)n(CCC[NH2+]Cc2cn(-c3ccccc3)nc2-c2cccs2)n1. The van der Waals surface area contributed by atoms with E-state index in [2.05, 4.69) is 63.9 Å². The lowest BCUT2D eigenvalue weighted by Gasteiger charge is -2.04. The number of benzene rings is 1. The average molecular weight is 393 g/mol. The molecule has 2 N–H and O–H groups in total. The van der Waals surface area contributed by atoms with Gasteiger partial charge in [-0.2, -0.15) is 10.2 Å². The van der Waals surface area contributed by atoms with E-state index in [9.17, 15) is 0 Å². The number of hydrogen-bond donors (Lipinski definition) is 1. The molecule has 0 aliphatic heterocycles. The summed E-state index contributed by atoms with van der Waals surface area (Å²) in [6.07, 6.45) is 3.27.